The first-order chi connectivity index (χ1) is 27.3. The molecule has 3 heteroatoms. The molecular formula is C52H34N2O. The van der Waals surface area contributed by atoms with E-state index in [4.69, 9.17) is 4.42 Å². The largest absolute Gasteiger partial charge is 0.456 e. The quantitative estimate of drug-likeness (QED) is 0.172. The van der Waals surface area contributed by atoms with Gasteiger partial charge in [0.25, 0.3) is 0 Å². The minimum Gasteiger partial charge on any atom is -0.456 e. The van der Waals surface area contributed by atoms with Crippen molar-refractivity contribution in [2.75, 3.05) is 4.90 Å². The lowest BCUT2D eigenvalue weighted by Crippen LogP contribution is -2.09. The van der Waals surface area contributed by atoms with Crippen LogP contribution in [-0.4, -0.2) is 4.57 Å². The summed E-state index contributed by atoms with van der Waals surface area (Å²) in [4.78, 5) is 2.33. The number of benzene rings is 9. The monoisotopic (exact) mass is 702 g/mol. The smallest absolute Gasteiger partial charge is 0.137 e. The maximum Gasteiger partial charge on any atom is 0.137 e. The Labute approximate surface area is 318 Å². The molecule has 11 rings (SSSR count). The Morgan fingerprint density at radius 2 is 1.00 bits per heavy atom. The Balaban J connectivity index is 1.05. The van der Waals surface area contributed by atoms with Gasteiger partial charge >= 0.3 is 0 Å². The van der Waals surface area contributed by atoms with Gasteiger partial charge in [0, 0.05) is 33.2 Å². The molecule has 0 spiro atoms. The minimum absolute atomic E-state index is 0.863. The van der Waals surface area contributed by atoms with Crippen molar-refractivity contribution in [3.05, 3.63) is 206 Å². The van der Waals surface area contributed by atoms with Crippen LogP contribution in [0.25, 0.3) is 82.5 Å². The Bertz CT molecular complexity index is 3140. The van der Waals surface area contributed by atoms with Gasteiger partial charge in [-0.1, -0.05) is 133 Å². The minimum atomic E-state index is 0.863. The van der Waals surface area contributed by atoms with E-state index in [0.717, 1.165) is 44.7 Å². The topological polar surface area (TPSA) is 21.3 Å². The Kier molecular flexibility index (Phi) is 7.17. The fraction of sp³-hybridized carbons (Fsp3) is 0. The average Bonchev–Trinajstić information content (AvgIpc) is 3.80. The summed E-state index contributed by atoms with van der Waals surface area (Å²) in [7, 11) is 0. The van der Waals surface area contributed by atoms with Crippen molar-refractivity contribution in [3.8, 4) is 27.9 Å². The Morgan fingerprint density at radius 3 is 1.76 bits per heavy atom. The molecule has 0 atom stereocenters. The Hall–Kier alpha value is -7.36. The molecule has 2 aromatic heterocycles. The molecule has 258 valence electrons. The highest BCUT2D eigenvalue weighted by atomic mass is 16.3. The molecule has 0 unspecified atom stereocenters. The summed E-state index contributed by atoms with van der Waals surface area (Å²) in [6, 6.07) is 73.8. The number of furan rings is 1. The highest BCUT2D eigenvalue weighted by Crippen LogP contribution is 2.42. The van der Waals surface area contributed by atoms with Crippen LogP contribution in [0, 0.1) is 0 Å². The van der Waals surface area contributed by atoms with Crippen LogP contribution in [0.5, 0.6) is 0 Å². The third kappa shape index (κ3) is 5.13. The van der Waals surface area contributed by atoms with Crippen molar-refractivity contribution < 1.29 is 4.42 Å². The van der Waals surface area contributed by atoms with Crippen LogP contribution < -0.4 is 4.90 Å². The molecule has 3 nitrogen and oxygen atoms in total. The van der Waals surface area contributed by atoms with Gasteiger partial charge in [-0.3, -0.25) is 0 Å². The van der Waals surface area contributed by atoms with Crippen LogP contribution in [-0.2, 0) is 0 Å². The van der Waals surface area contributed by atoms with Crippen LogP contribution >= 0.6 is 0 Å². The molecule has 0 radical (unpaired) electrons. The second-order valence-electron chi connectivity index (χ2n) is 14.1. The van der Waals surface area contributed by atoms with Gasteiger partial charge in [0.15, 0.2) is 0 Å². The molecule has 11 aromatic rings. The third-order valence-corrected chi connectivity index (χ3v) is 11.0. The van der Waals surface area contributed by atoms with Gasteiger partial charge in [0.05, 0.1) is 22.1 Å². The van der Waals surface area contributed by atoms with Crippen LogP contribution in [0.4, 0.5) is 17.1 Å². The number of nitrogens with zero attached hydrogens (tertiary/aromatic N) is 2. The molecule has 0 saturated heterocycles. The van der Waals surface area contributed by atoms with Gasteiger partial charge < -0.3 is 13.9 Å². The second kappa shape index (κ2) is 12.6. The number of hydrogen-bond acceptors (Lipinski definition) is 2. The zero-order valence-electron chi connectivity index (χ0n) is 29.9. The third-order valence-electron chi connectivity index (χ3n) is 11.0. The van der Waals surface area contributed by atoms with E-state index in [0.29, 0.717) is 0 Å². The van der Waals surface area contributed by atoms with Gasteiger partial charge in [-0.15, -0.1) is 0 Å². The molecule has 9 aromatic carbocycles. The first-order valence-electron chi connectivity index (χ1n) is 18.8. The zero-order chi connectivity index (χ0) is 36.3. The number of hydrogen-bond donors (Lipinski definition) is 0. The molecule has 0 aliphatic rings. The lowest BCUT2D eigenvalue weighted by Gasteiger charge is -2.25. The highest BCUT2D eigenvalue weighted by molar-refractivity contribution is 6.15. The number of para-hydroxylation sites is 3. The highest BCUT2D eigenvalue weighted by Gasteiger charge is 2.20. The summed E-state index contributed by atoms with van der Waals surface area (Å²) >= 11 is 0. The standard InChI is InChI=1S/C52H34N2O/c1-3-13-36(14-4-1)42-20-11-15-37-25-26-38(33-45(37)42)35-27-29-40(30-28-35)53(39-16-5-2-6-17-39)41-31-32-50-46(34-41)52-49(23-12-24-51(52)55-50)54-47-21-9-7-18-43(47)44-19-8-10-22-48(44)54/h1-34H. The van der Waals surface area contributed by atoms with Gasteiger partial charge in [0.1, 0.15) is 11.2 Å². The molecule has 0 amide bonds. The summed E-state index contributed by atoms with van der Waals surface area (Å²) in [5.41, 5.74) is 13.3. The van der Waals surface area contributed by atoms with Crippen molar-refractivity contribution in [2.24, 2.45) is 0 Å². The number of fused-ring (bicyclic) bond motifs is 7. The summed E-state index contributed by atoms with van der Waals surface area (Å²) in [6.07, 6.45) is 0. The Morgan fingerprint density at radius 1 is 0.364 bits per heavy atom. The number of rotatable bonds is 6. The molecule has 0 bridgehead atoms. The number of anilines is 3. The normalized spacial score (nSPS) is 11.6. The summed E-state index contributed by atoms with van der Waals surface area (Å²) < 4.78 is 8.95. The maximum atomic E-state index is 6.56. The molecule has 0 aliphatic heterocycles. The molecule has 0 fully saturated rings. The predicted octanol–water partition coefficient (Wildman–Crippen LogP) is 14.6. The van der Waals surface area contributed by atoms with E-state index < -0.39 is 0 Å². The van der Waals surface area contributed by atoms with Crippen molar-refractivity contribution in [1.29, 1.82) is 0 Å². The molecule has 2 heterocycles. The van der Waals surface area contributed by atoms with E-state index in [9.17, 15) is 0 Å². The summed E-state index contributed by atoms with van der Waals surface area (Å²) in [5, 5.41) is 7.14. The van der Waals surface area contributed by atoms with E-state index in [1.165, 1.54) is 54.8 Å². The first kappa shape index (κ1) is 31.2. The van der Waals surface area contributed by atoms with Crippen molar-refractivity contribution in [3.63, 3.8) is 0 Å². The average molecular weight is 703 g/mol. The summed E-state index contributed by atoms with van der Waals surface area (Å²) in [5.74, 6) is 0. The lowest BCUT2D eigenvalue weighted by molar-refractivity contribution is 0.669. The van der Waals surface area contributed by atoms with Crippen LogP contribution in [0.15, 0.2) is 211 Å². The molecule has 0 N–H and O–H groups in total. The fourth-order valence-corrected chi connectivity index (χ4v) is 8.45. The van der Waals surface area contributed by atoms with E-state index in [1.54, 1.807) is 0 Å². The van der Waals surface area contributed by atoms with E-state index in [1.807, 2.05) is 0 Å². The molecule has 55 heavy (non-hydrogen) atoms. The lowest BCUT2D eigenvalue weighted by atomic mass is 9.95. The maximum absolute atomic E-state index is 6.56. The van der Waals surface area contributed by atoms with E-state index in [2.05, 4.69) is 216 Å². The van der Waals surface area contributed by atoms with Crippen LogP contribution in [0.1, 0.15) is 0 Å². The van der Waals surface area contributed by atoms with Gasteiger partial charge in [-0.25, -0.2) is 0 Å². The van der Waals surface area contributed by atoms with Crippen molar-refractivity contribution >= 4 is 71.6 Å². The second-order valence-corrected chi connectivity index (χ2v) is 14.1. The molecule has 0 saturated carbocycles. The first-order valence-corrected chi connectivity index (χ1v) is 18.8. The van der Waals surface area contributed by atoms with E-state index >= 15 is 0 Å². The van der Waals surface area contributed by atoms with Crippen LogP contribution in [0.2, 0.25) is 0 Å². The van der Waals surface area contributed by atoms with Crippen molar-refractivity contribution in [1.82, 2.24) is 4.57 Å². The predicted molar refractivity (Wildman–Crippen MR) is 231 cm³/mol. The van der Waals surface area contributed by atoms with Crippen LogP contribution in [0.3, 0.4) is 0 Å². The summed E-state index contributed by atoms with van der Waals surface area (Å²) in [6.45, 7) is 0. The van der Waals surface area contributed by atoms with Crippen molar-refractivity contribution in [2.45, 2.75) is 0 Å². The SMILES string of the molecule is c1ccc(-c2cccc3ccc(-c4ccc(N(c5ccccc5)c5ccc6oc7cccc(-n8c9ccccc9c9ccccc98)c7c6c5)cc4)cc23)cc1. The fourth-order valence-electron chi connectivity index (χ4n) is 8.45. The van der Waals surface area contributed by atoms with Gasteiger partial charge in [-0.2, -0.15) is 0 Å². The number of aromatic nitrogens is 1. The molecule has 0 aliphatic carbocycles. The van der Waals surface area contributed by atoms with Gasteiger partial charge in [-0.05, 0) is 106 Å². The zero-order valence-corrected chi connectivity index (χ0v) is 29.9. The van der Waals surface area contributed by atoms with E-state index in [-0.39, 0.29) is 0 Å². The molecular weight excluding hydrogens is 669 g/mol. The van der Waals surface area contributed by atoms with Gasteiger partial charge in [0.2, 0.25) is 0 Å².